The van der Waals surface area contributed by atoms with Crippen LogP contribution in [0, 0.1) is 6.92 Å². The van der Waals surface area contributed by atoms with Gasteiger partial charge in [0.15, 0.2) is 0 Å². The highest BCUT2D eigenvalue weighted by Crippen LogP contribution is 2.15. The Kier molecular flexibility index (Phi) is 4.43. The van der Waals surface area contributed by atoms with E-state index < -0.39 is 0 Å². The second-order valence-corrected chi connectivity index (χ2v) is 5.40. The van der Waals surface area contributed by atoms with Gasteiger partial charge in [-0.05, 0) is 57.5 Å². The van der Waals surface area contributed by atoms with E-state index in [-0.39, 0.29) is 11.9 Å². The fraction of sp³-hybridized carbons (Fsp3) is 0.533. The van der Waals surface area contributed by atoms with Crippen LogP contribution in [0.25, 0.3) is 0 Å². The van der Waals surface area contributed by atoms with Crippen LogP contribution in [0.5, 0.6) is 0 Å². The number of rotatable bonds is 4. The largest absolute Gasteiger partial charge is 0.398 e. The minimum Gasteiger partial charge on any atom is -0.398 e. The Bertz CT molecular complexity index is 453. The zero-order valence-electron chi connectivity index (χ0n) is 11.8. The minimum atomic E-state index is -0.0310. The molecular formula is C15H23N3O. The SMILES string of the molecule is Cc1c(N)cccc1C(=O)NC(C)CN1CCCC1. The molecule has 0 aliphatic carbocycles. The van der Waals surface area contributed by atoms with Crippen LogP contribution in [-0.2, 0) is 0 Å². The molecule has 1 fully saturated rings. The van der Waals surface area contributed by atoms with E-state index in [0.717, 1.165) is 25.2 Å². The van der Waals surface area contributed by atoms with Crippen molar-refractivity contribution in [2.45, 2.75) is 32.7 Å². The summed E-state index contributed by atoms with van der Waals surface area (Å²) in [6.45, 7) is 7.16. The smallest absolute Gasteiger partial charge is 0.251 e. The van der Waals surface area contributed by atoms with Crippen molar-refractivity contribution in [3.05, 3.63) is 29.3 Å². The normalized spacial score (nSPS) is 17.4. The molecule has 1 aliphatic rings. The summed E-state index contributed by atoms with van der Waals surface area (Å²) in [5.41, 5.74) is 8.03. The Hall–Kier alpha value is -1.55. The number of likely N-dealkylation sites (tertiary alicyclic amines) is 1. The Balaban J connectivity index is 1.94. The molecule has 1 heterocycles. The van der Waals surface area contributed by atoms with Crippen LogP contribution in [0.4, 0.5) is 5.69 Å². The van der Waals surface area contributed by atoms with E-state index in [2.05, 4.69) is 17.1 Å². The van der Waals surface area contributed by atoms with Gasteiger partial charge in [0.2, 0.25) is 0 Å². The summed E-state index contributed by atoms with van der Waals surface area (Å²) in [4.78, 5) is 14.6. The number of amides is 1. The van der Waals surface area contributed by atoms with Crippen LogP contribution >= 0.6 is 0 Å². The molecule has 4 heteroatoms. The highest BCUT2D eigenvalue weighted by molar-refractivity contribution is 5.97. The maximum atomic E-state index is 12.2. The zero-order chi connectivity index (χ0) is 13.8. The van der Waals surface area contributed by atoms with Crippen molar-refractivity contribution in [2.75, 3.05) is 25.4 Å². The molecule has 19 heavy (non-hydrogen) atoms. The molecule has 0 saturated carbocycles. The van der Waals surface area contributed by atoms with Crippen molar-refractivity contribution >= 4 is 11.6 Å². The lowest BCUT2D eigenvalue weighted by Gasteiger charge is -2.21. The first kappa shape index (κ1) is 13.9. The molecule has 1 atom stereocenters. The maximum Gasteiger partial charge on any atom is 0.251 e. The third-order valence-electron chi connectivity index (χ3n) is 3.73. The van der Waals surface area contributed by atoms with Gasteiger partial charge < -0.3 is 16.0 Å². The number of carbonyl (C=O) groups is 1. The van der Waals surface area contributed by atoms with Gasteiger partial charge in [0.05, 0.1) is 0 Å². The molecule has 3 N–H and O–H groups in total. The summed E-state index contributed by atoms with van der Waals surface area (Å²) in [6.07, 6.45) is 2.55. The number of anilines is 1. The molecule has 1 unspecified atom stereocenters. The first-order valence-corrected chi connectivity index (χ1v) is 6.96. The second kappa shape index (κ2) is 6.06. The number of carbonyl (C=O) groups excluding carboxylic acids is 1. The maximum absolute atomic E-state index is 12.2. The lowest BCUT2D eigenvalue weighted by atomic mass is 10.1. The van der Waals surface area contributed by atoms with Crippen molar-refractivity contribution in [2.24, 2.45) is 0 Å². The van der Waals surface area contributed by atoms with Gasteiger partial charge in [-0.2, -0.15) is 0 Å². The van der Waals surface area contributed by atoms with Crippen LogP contribution in [0.3, 0.4) is 0 Å². The summed E-state index contributed by atoms with van der Waals surface area (Å²) in [5, 5.41) is 3.05. The van der Waals surface area contributed by atoms with Crippen molar-refractivity contribution in [3.63, 3.8) is 0 Å². The molecule has 4 nitrogen and oxygen atoms in total. The van der Waals surface area contributed by atoms with Crippen LogP contribution < -0.4 is 11.1 Å². The molecule has 1 aliphatic heterocycles. The first-order valence-electron chi connectivity index (χ1n) is 6.96. The van der Waals surface area contributed by atoms with Crippen molar-refractivity contribution < 1.29 is 4.79 Å². The second-order valence-electron chi connectivity index (χ2n) is 5.40. The molecule has 0 bridgehead atoms. The van der Waals surface area contributed by atoms with E-state index in [4.69, 9.17) is 5.73 Å². The molecule has 0 spiro atoms. The number of nitrogens with zero attached hydrogens (tertiary/aromatic N) is 1. The molecule has 104 valence electrons. The summed E-state index contributed by atoms with van der Waals surface area (Å²) in [6, 6.07) is 5.62. The number of nitrogens with one attached hydrogen (secondary N) is 1. The van der Waals surface area contributed by atoms with Gasteiger partial charge in [-0.3, -0.25) is 4.79 Å². The zero-order valence-corrected chi connectivity index (χ0v) is 11.8. The van der Waals surface area contributed by atoms with E-state index >= 15 is 0 Å². The quantitative estimate of drug-likeness (QED) is 0.812. The van der Waals surface area contributed by atoms with E-state index in [0.29, 0.717) is 11.3 Å². The van der Waals surface area contributed by atoms with Gasteiger partial charge >= 0.3 is 0 Å². The van der Waals surface area contributed by atoms with Crippen molar-refractivity contribution in [1.29, 1.82) is 0 Å². The van der Waals surface area contributed by atoms with Gasteiger partial charge in [-0.1, -0.05) is 6.07 Å². The third kappa shape index (κ3) is 3.47. The van der Waals surface area contributed by atoms with Crippen LogP contribution in [0.2, 0.25) is 0 Å². The van der Waals surface area contributed by atoms with E-state index in [1.165, 1.54) is 12.8 Å². The highest BCUT2D eigenvalue weighted by atomic mass is 16.1. The minimum absolute atomic E-state index is 0.0310. The number of nitrogen functional groups attached to an aromatic ring is 1. The van der Waals surface area contributed by atoms with Crippen molar-refractivity contribution in [1.82, 2.24) is 10.2 Å². The van der Waals surface area contributed by atoms with Gasteiger partial charge in [0.1, 0.15) is 0 Å². The molecule has 1 aromatic rings. The Morgan fingerprint density at radius 2 is 2.11 bits per heavy atom. The average molecular weight is 261 g/mol. The van der Waals surface area contributed by atoms with E-state index in [9.17, 15) is 4.79 Å². The fourth-order valence-corrected chi connectivity index (χ4v) is 2.60. The van der Waals surface area contributed by atoms with E-state index in [1.54, 1.807) is 0 Å². The monoisotopic (exact) mass is 261 g/mol. The Morgan fingerprint density at radius 1 is 1.42 bits per heavy atom. The lowest BCUT2D eigenvalue weighted by molar-refractivity contribution is 0.0931. The summed E-state index contributed by atoms with van der Waals surface area (Å²) < 4.78 is 0. The topological polar surface area (TPSA) is 58.4 Å². The summed E-state index contributed by atoms with van der Waals surface area (Å²) in [5.74, 6) is -0.0310. The number of hydrogen-bond donors (Lipinski definition) is 2. The summed E-state index contributed by atoms with van der Waals surface area (Å²) in [7, 11) is 0. The van der Waals surface area contributed by atoms with Crippen molar-refractivity contribution in [3.8, 4) is 0 Å². The molecule has 0 aromatic heterocycles. The third-order valence-corrected chi connectivity index (χ3v) is 3.73. The van der Waals surface area contributed by atoms with Crippen LogP contribution in [0.1, 0.15) is 35.7 Å². The Morgan fingerprint density at radius 3 is 2.79 bits per heavy atom. The Labute approximate surface area is 115 Å². The molecule has 2 rings (SSSR count). The van der Waals surface area contributed by atoms with Crippen LogP contribution in [-0.4, -0.2) is 36.5 Å². The number of nitrogens with two attached hydrogens (primary N) is 1. The molecular weight excluding hydrogens is 238 g/mol. The average Bonchev–Trinajstić information content (AvgIpc) is 2.85. The van der Waals surface area contributed by atoms with Gasteiger partial charge in [0.25, 0.3) is 5.91 Å². The standard InChI is InChI=1S/C15H23N3O/c1-11(10-18-8-3-4-9-18)17-15(19)13-6-5-7-14(16)12(13)2/h5-7,11H,3-4,8-10,16H2,1-2H3,(H,17,19). The predicted molar refractivity (Wildman–Crippen MR) is 78.2 cm³/mol. The van der Waals surface area contributed by atoms with E-state index in [1.807, 2.05) is 25.1 Å². The van der Waals surface area contributed by atoms with Gasteiger partial charge in [-0.15, -0.1) is 0 Å². The van der Waals surface area contributed by atoms with Gasteiger partial charge in [0, 0.05) is 23.8 Å². The fourth-order valence-electron chi connectivity index (χ4n) is 2.60. The molecule has 1 amide bonds. The lowest BCUT2D eigenvalue weighted by Crippen LogP contribution is -2.41. The highest BCUT2D eigenvalue weighted by Gasteiger charge is 2.17. The molecule has 1 saturated heterocycles. The van der Waals surface area contributed by atoms with Crippen LogP contribution in [0.15, 0.2) is 18.2 Å². The molecule has 0 radical (unpaired) electrons. The molecule has 1 aromatic carbocycles. The predicted octanol–water partition coefficient (Wildman–Crippen LogP) is 1.79. The first-order chi connectivity index (χ1) is 9.08. The number of benzene rings is 1. The number of hydrogen-bond acceptors (Lipinski definition) is 3. The summed E-state index contributed by atoms with van der Waals surface area (Å²) >= 11 is 0. The van der Waals surface area contributed by atoms with Gasteiger partial charge in [-0.25, -0.2) is 0 Å².